The predicted molar refractivity (Wildman–Crippen MR) is 85.3 cm³/mol. The maximum atomic E-state index is 4.63. The van der Waals surface area contributed by atoms with Gasteiger partial charge in [0.05, 0.1) is 0 Å². The fourth-order valence-corrected chi connectivity index (χ4v) is 3.69. The van der Waals surface area contributed by atoms with Gasteiger partial charge in [-0.1, -0.05) is 0 Å². The number of hydrogen-bond acceptors (Lipinski definition) is 4. The first kappa shape index (κ1) is 14.9. The average Bonchev–Trinajstić information content (AvgIpc) is 2.47. The lowest BCUT2D eigenvalue weighted by atomic mass is 9.90. The monoisotopic (exact) mass is 288 g/mol. The topological polar surface area (TPSA) is 41.1 Å². The minimum atomic E-state index is 0.463. The van der Waals surface area contributed by atoms with Crippen molar-refractivity contribution in [3.8, 4) is 0 Å². The Morgan fingerprint density at radius 2 is 2.00 bits per heavy atom. The molecule has 1 unspecified atom stereocenters. The molecule has 0 amide bonds. The summed E-state index contributed by atoms with van der Waals surface area (Å²) in [7, 11) is 0. The summed E-state index contributed by atoms with van der Waals surface area (Å²) in [6, 6.07) is 1.79. The first-order valence-corrected chi connectivity index (χ1v) is 8.46. The number of hydrogen-bond donors (Lipinski definition) is 1. The third kappa shape index (κ3) is 3.43. The third-order valence-electron chi connectivity index (χ3n) is 5.00. The van der Waals surface area contributed by atoms with Gasteiger partial charge in [0.2, 0.25) is 0 Å². The Bertz CT molecular complexity index is 478. The Labute approximate surface area is 128 Å². The Morgan fingerprint density at radius 1 is 1.24 bits per heavy atom. The molecule has 1 aliphatic carbocycles. The quantitative estimate of drug-likeness (QED) is 0.928. The van der Waals surface area contributed by atoms with Crippen LogP contribution in [0.3, 0.4) is 0 Å². The molecule has 2 heterocycles. The molecular formula is C17H28N4. The van der Waals surface area contributed by atoms with Gasteiger partial charge in [-0.2, -0.15) is 0 Å². The number of rotatable bonds is 3. The van der Waals surface area contributed by atoms with Gasteiger partial charge in [0.25, 0.3) is 0 Å². The lowest BCUT2D eigenvalue weighted by molar-refractivity contribution is 0.154. The molecule has 1 aromatic heterocycles. The van der Waals surface area contributed by atoms with Gasteiger partial charge in [0.15, 0.2) is 0 Å². The molecule has 0 saturated carbocycles. The van der Waals surface area contributed by atoms with Crippen molar-refractivity contribution in [2.75, 3.05) is 13.1 Å². The maximum absolute atomic E-state index is 4.63. The van der Waals surface area contributed by atoms with Gasteiger partial charge in [0, 0.05) is 35.6 Å². The molecule has 0 bridgehead atoms. The largest absolute Gasteiger partial charge is 0.307 e. The molecule has 4 nitrogen and oxygen atoms in total. The standard InChI is InChI=1S/C17H28N4/c1-12(2)21-9-7-14(8-10-21)20-17-6-4-5-16-15(17)11-18-13(3)19-16/h11-12,14,17,20H,4-10H2,1-3H3. The van der Waals surface area contributed by atoms with Crippen LogP contribution >= 0.6 is 0 Å². The summed E-state index contributed by atoms with van der Waals surface area (Å²) in [6.07, 6.45) is 8.16. The second-order valence-corrected chi connectivity index (χ2v) is 6.83. The summed E-state index contributed by atoms with van der Waals surface area (Å²) in [5.74, 6) is 0.902. The summed E-state index contributed by atoms with van der Waals surface area (Å²) in [5, 5.41) is 3.89. The van der Waals surface area contributed by atoms with Crippen LogP contribution in [0.2, 0.25) is 0 Å². The highest BCUT2D eigenvalue weighted by Gasteiger charge is 2.27. The Morgan fingerprint density at radius 3 is 2.71 bits per heavy atom. The molecule has 0 spiro atoms. The van der Waals surface area contributed by atoms with Gasteiger partial charge in [0.1, 0.15) is 5.82 Å². The first-order valence-electron chi connectivity index (χ1n) is 8.46. The summed E-state index contributed by atoms with van der Waals surface area (Å²) in [6.45, 7) is 9.02. The molecule has 3 rings (SSSR count). The van der Waals surface area contributed by atoms with Gasteiger partial charge in [-0.05, 0) is 66.0 Å². The summed E-state index contributed by atoms with van der Waals surface area (Å²) >= 11 is 0. The van der Waals surface area contributed by atoms with Gasteiger partial charge in [-0.15, -0.1) is 0 Å². The zero-order chi connectivity index (χ0) is 14.8. The molecule has 0 aromatic carbocycles. The van der Waals surface area contributed by atoms with Crippen LogP contribution in [0.4, 0.5) is 0 Å². The predicted octanol–water partition coefficient (Wildman–Crippen LogP) is 2.62. The van der Waals surface area contributed by atoms with Crippen molar-refractivity contribution in [2.45, 2.75) is 71.0 Å². The van der Waals surface area contributed by atoms with Gasteiger partial charge < -0.3 is 10.2 Å². The van der Waals surface area contributed by atoms with E-state index in [0.717, 1.165) is 12.2 Å². The van der Waals surface area contributed by atoms with E-state index in [4.69, 9.17) is 0 Å². The van der Waals surface area contributed by atoms with Crippen LogP contribution in [0.5, 0.6) is 0 Å². The highest BCUT2D eigenvalue weighted by Crippen LogP contribution is 2.29. The van der Waals surface area contributed by atoms with Crippen LogP contribution in [0, 0.1) is 6.92 Å². The fraction of sp³-hybridized carbons (Fsp3) is 0.765. The van der Waals surface area contributed by atoms with E-state index in [-0.39, 0.29) is 0 Å². The number of piperidine rings is 1. The highest BCUT2D eigenvalue weighted by atomic mass is 15.2. The van der Waals surface area contributed by atoms with E-state index >= 15 is 0 Å². The molecule has 1 saturated heterocycles. The Hall–Kier alpha value is -1.00. The van der Waals surface area contributed by atoms with Gasteiger partial charge in [-0.25, -0.2) is 9.97 Å². The van der Waals surface area contributed by atoms with Crippen LogP contribution in [0.25, 0.3) is 0 Å². The van der Waals surface area contributed by atoms with E-state index in [0.29, 0.717) is 18.1 Å². The zero-order valence-electron chi connectivity index (χ0n) is 13.6. The van der Waals surface area contributed by atoms with E-state index in [9.17, 15) is 0 Å². The third-order valence-corrected chi connectivity index (χ3v) is 5.00. The molecule has 2 aliphatic rings. The molecule has 1 N–H and O–H groups in total. The van der Waals surface area contributed by atoms with Crippen LogP contribution in [-0.2, 0) is 6.42 Å². The Kier molecular flexibility index (Phi) is 4.55. The molecule has 1 atom stereocenters. The summed E-state index contributed by atoms with van der Waals surface area (Å²) < 4.78 is 0. The maximum Gasteiger partial charge on any atom is 0.125 e. The van der Waals surface area contributed by atoms with E-state index in [1.807, 2.05) is 6.92 Å². The van der Waals surface area contributed by atoms with Crippen molar-refractivity contribution in [1.29, 1.82) is 0 Å². The molecular weight excluding hydrogens is 260 g/mol. The molecule has 4 heteroatoms. The van der Waals surface area contributed by atoms with Gasteiger partial charge >= 0.3 is 0 Å². The highest BCUT2D eigenvalue weighted by molar-refractivity contribution is 5.24. The van der Waals surface area contributed by atoms with Crippen molar-refractivity contribution in [3.63, 3.8) is 0 Å². The van der Waals surface area contributed by atoms with Crippen molar-refractivity contribution < 1.29 is 0 Å². The number of fused-ring (bicyclic) bond motifs is 1. The first-order chi connectivity index (χ1) is 10.1. The molecule has 1 aliphatic heterocycles. The second kappa shape index (κ2) is 6.41. The van der Waals surface area contributed by atoms with E-state index in [2.05, 4.69) is 40.2 Å². The van der Waals surface area contributed by atoms with Crippen LogP contribution < -0.4 is 5.32 Å². The normalized spacial score (nSPS) is 24.3. The van der Waals surface area contributed by atoms with Crippen molar-refractivity contribution in [3.05, 3.63) is 23.3 Å². The summed E-state index contributed by atoms with van der Waals surface area (Å²) in [5.41, 5.74) is 2.61. The zero-order valence-corrected chi connectivity index (χ0v) is 13.6. The van der Waals surface area contributed by atoms with E-state index < -0.39 is 0 Å². The van der Waals surface area contributed by atoms with Crippen LogP contribution in [0.1, 0.15) is 62.7 Å². The van der Waals surface area contributed by atoms with Crippen LogP contribution in [0.15, 0.2) is 6.20 Å². The van der Waals surface area contributed by atoms with E-state index in [1.165, 1.54) is 50.0 Å². The smallest absolute Gasteiger partial charge is 0.125 e. The lowest BCUT2D eigenvalue weighted by Gasteiger charge is -2.37. The number of nitrogens with one attached hydrogen (secondary N) is 1. The SMILES string of the molecule is Cc1ncc2c(n1)CCCC2NC1CCN(C(C)C)CC1. The molecule has 1 fully saturated rings. The average molecular weight is 288 g/mol. The molecule has 21 heavy (non-hydrogen) atoms. The molecule has 1 aromatic rings. The minimum absolute atomic E-state index is 0.463. The van der Waals surface area contributed by atoms with E-state index in [1.54, 1.807) is 0 Å². The minimum Gasteiger partial charge on any atom is -0.307 e. The second-order valence-electron chi connectivity index (χ2n) is 6.83. The summed E-state index contributed by atoms with van der Waals surface area (Å²) in [4.78, 5) is 11.6. The number of likely N-dealkylation sites (tertiary alicyclic amines) is 1. The van der Waals surface area contributed by atoms with Crippen molar-refractivity contribution >= 4 is 0 Å². The number of nitrogens with zero attached hydrogens (tertiary/aromatic N) is 3. The van der Waals surface area contributed by atoms with Gasteiger partial charge in [-0.3, -0.25) is 0 Å². The number of aromatic nitrogens is 2. The van der Waals surface area contributed by atoms with Crippen molar-refractivity contribution in [2.24, 2.45) is 0 Å². The lowest BCUT2D eigenvalue weighted by Crippen LogP contribution is -2.46. The number of aryl methyl sites for hydroxylation is 2. The Balaban J connectivity index is 1.62. The molecule has 116 valence electrons. The van der Waals surface area contributed by atoms with Crippen LogP contribution in [-0.4, -0.2) is 40.0 Å². The van der Waals surface area contributed by atoms with Crippen molar-refractivity contribution in [1.82, 2.24) is 20.2 Å². The fourth-order valence-electron chi connectivity index (χ4n) is 3.69. The molecule has 0 radical (unpaired) electrons.